The van der Waals surface area contributed by atoms with E-state index in [9.17, 15) is 0 Å². The molecular formula is C14H17BN2+. The molecule has 2 nitrogen and oxygen atoms in total. The van der Waals surface area contributed by atoms with Gasteiger partial charge in [-0.3, -0.25) is 4.48 Å². The van der Waals surface area contributed by atoms with E-state index < -0.39 is 0 Å². The van der Waals surface area contributed by atoms with Gasteiger partial charge in [0.2, 0.25) is 0 Å². The fourth-order valence-electron chi connectivity index (χ4n) is 1.81. The van der Waals surface area contributed by atoms with Gasteiger partial charge in [-0.1, -0.05) is 37.0 Å². The molecule has 0 atom stereocenters. The molecule has 1 heterocycles. The van der Waals surface area contributed by atoms with E-state index in [1.165, 1.54) is 5.52 Å². The first kappa shape index (κ1) is 11.8. The summed E-state index contributed by atoms with van der Waals surface area (Å²) in [5.74, 6) is 1.51. The Balaban J connectivity index is 2.57. The molecule has 17 heavy (non-hydrogen) atoms. The minimum absolute atomic E-state index is 0.536. The van der Waals surface area contributed by atoms with E-state index in [4.69, 9.17) is 0 Å². The van der Waals surface area contributed by atoms with Crippen molar-refractivity contribution in [2.45, 2.75) is 20.7 Å². The molecule has 0 aliphatic rings. The molecule has 0 N–H and O–H groups in total. The highest BCUT2D eigenvalue weighted by Crippen LogP contribution is 2.09. The lowest BCUT2D eigenvalue weighted by atomic mass is 9.97. The second-order valence-electron chi connectivity index (χ2n) is 4.41. The zero-order valence-electron chi connectivity index (χ0n) is 10.6. The lowest BCUT2D eigenvalue weighted by Gasteiger charge is -2.02. The summed E-state index contributed by atoms with van der Waals surface area (Å²) >= 11 is 0. The molecule has 0 amide bonds. The first-order valence-corrected chi connectivity index (χ1v) is 5.99. The molecule has 0 bridgehead atoms. The smallest absolute Gasteiger partial charge is 0.290 e. The summed E-state index contributed by atoms with van der Waals surface area (Å²) in [4.78, 5) is 4.49. The van der Waals surface area contributed by atoms with Crippen molar-refractivity contribution in [1.29, 1.82) is 0 Å². The molecule has 0 saturated heterocycles. The Kier molecular flexibility index (Phi) is 3.57. The quantitative estimate of drug-likeness (QED) is 0.732. The normalized spacial score (nSPS) is 11.5. The standard InChI is InChI=1S/C14H17BN2/c1-11(2)8-9-14-16-10-12-6-4-5-7-13(12)17(14)15-3/h4-11H,1-3H3/q+1/b9-8+. The van der Waals surface area contributed by atoms with Crippen LogP contribution in [0.4, 0.5) is 0 Å². The van der Waals surface area contributed by atoms with Crippen molar-refractivity contribution in [3.8, 4) is 0 Å². The molecule has 0 saturated carbocycles. The molecule has 1 aromatic heterocycles. The number of aromatic nitrogens is 2. The monoisotopic (exact) mass is 224 g/mol. The summed E-state index contributed by atoms with van der Waals surface area (Å²) in [5, 5.41) is 1.16. The zero-order chi connectivity index (χ0) is 12.3. The van der Waals surface area contributed by atoms with Crippen molar-refractivity contribution >= 4 is 24.4 Å². The average molecular weight is 224 g/mol. The van der Waals surface area contributed by atoms with Crippen LogP contribution in [0.3, 0.4) is 0 Å². The van der Waals surface area contributed by atoms with Gasteiger partial charge in [0.05, 0.1) is 5.39 Å². The third-order valence-corrected chi connectivity index (χ3v) is 2.67. The second-order valence-corrected chi connectivity index (χ2v) is 4.41. The lowest BCUT2D eigenvalue weighted by molar-refractivity contribution is -0.505. The van der Waals surface area contributed by atoms with Crippen molar-refractivity contribution in [2.75, 3.05) is 0 Å². The fourth-order valence-corrected chi connectivity index (χ4v) is 1.81. The molecule has 0 aliphatic carbocycles. The number of nitrogens with zero attached hydrogens (tertiary/aromatic N) is 2. The average Bonchev–Trinajstić information content (AvgIpc) is 2.35. The maximum Gasteiger partial charge on any atom is 0.395 e. The molecule has 0 spiro atoms. The number of fused-ring (bicyclic) bond motifs is 1. The third-order valence-electron chi connectivity index (χ3n) is 2.67. The maximum absolute atomic E-state index is 4.49. The van der Waals surface area contributed by atoms with Gasteiger partial charge in [-0.2, -0.15) is 0 Å². The summed E-state index contributed by atoms with van der Waals surface area (Å²) in [6.45, 7) is 6.36. The van der Waals surface area contributed by atoms with Gasteiger partial charge in [0.25, 0.3) is 0 Å². The molecule has 0 fully saturated rings. The van der Waals surface area contributed by atoms with E-state index >= 15 is 0 Å². The number of allylic oxidation sites excluding steroid dienone is 1. The fraction of sp³-hybridized carbons (Fsp3) is 0.286. The van der Waals surface area contributed by atoms with E-state index in [0.717, 1.165) is 11.2 Å². The van der Waals surface area contributed by atoms with E-state index in [1.54, 1.807) is 0 Å². The third kappa shape index (κ3) is 2.55. The zero-order valence-corrected chi connectivity index (χ0v) is 10.6. The Bertz CT molecular complexity index is 547. The van der Waals surface area contributed by atoms with Crippen LogP contribution < -0.4 is 4.48 Å². The van der Waals surface area contributed by atoms with Gasteiger partial charge in [-0.05, 0) is 24.9 Å². The number of para-hydroxylation sites is 1. The molecule has 2 aromatic rings. The topological polar surface area (TPSA) is 16.8 Å². The number of benzene rings is 1. The molecule has 1 radical (unpaired) electrons. The Hall–Kier alpha value is -1.64. The molecular weight excluding hydrogens is 207 g/mol. The van der Waals surface area contributed by atoms with Gasteiger partial charge < -0.3 is 0 Å². The number of hydrogen-bond acceptors (Lipinski definition) is 1. The van der Waals surface area contributed by atoms with Crippen LogP contribution in [-0.4, -0.2) is 12.4 Å². The van der Waals surface area contributed by atoms with Crippen LogP contribution in [0.1, 0.15) is 19.7 Å². The summed E-state index contributed by atoms with van der Waals surface area (Å²) in [6.07, 6.45) is 6.17. The Morgan fingerprint density at radius 2 is 2.06 bits per heavy atom. The first-order valence-electron chi connectivity index (χ1n) is 5.99. The summed E-state index contributed by atoms with van der Waals surface area (Å²) in [5.41, 5.74) is 1.19. The van der Waals surface area contributed by atoms with Crippen molar-refractivity contribution < 1.29 is 4.48 Å². The van der Waals surface area contributed by atoms with E-state index in [-0.39, 0.29) is 0 Å². The van der Waals surface area contributed by atoms with Crippen LogP contribution in [0.5, 0.6) is 0 Å². The van der Waals surface area contributed by atoms with Gasteiger partial charge in [0.15, 0.2) is 6.20 Å². The summed E-state index contributed by atoms with van der Waals surface area (Å²) < 4.78 is 2.12. The number of rotatable bonds is 3. The van der Waals surface area contributed by atoms with Crippen molar-refractivity contribution in [1.82, 2.24) is 4.98 Å². The van der Waals surface area contributed by atoms with Crippen LogP contribution in [0.2, 0.25) is 6.82 Å². The van der Waals surface area contributed by atoms with Crippen LogP contribution in [0.25, 0.3) is 17.0 Å². The largest absolute Gasteiger partial charge is 0.395 e. The highest BCUT2D eigenvalue weighted by atomic mass is 15.0. The van der Waals surface area contributed by atoms with Gasteiger partial charge in [0.1, 0.15) is 5.52 Å². The molecule has 85 valence electrons. The van der Waals surface area contributed by atoms with Gasteiger partial charge in [-0.15, -0.1) is 0 Å². The predicted molar refractivity (Wildman–Crippen MR) is 72.8 cm³/mol. The van der Waals surface area contributed by atoms with Crippen molar-refractivity contribution in [2.24, 2.45) is 5.92 Å². The minimum atomic E-state index is 0.536. The highest BCUT2D eigenvalue weighted by molar-refractivity contribution is 6.23. The Morgan fingerprint density at radius 3 is 2.76 bits per heavy atom. The van der Waals surface area contributed by atoms with E-state index in [0.29, 0.717) is 5.92 Å². The van der Waals surface area contributed by atoms with Crippen molar-refractivity contribution in [3.63, 3.8) is 0 Å². The molecule has 2 rings (SSSR count). The van der Waals surface area contributed by atoms with Crippen LogP contribution in [0.15, 0.2) is 36.5 Å². The molecule has 1 aromatic carbocycles. The van der Waals surface area contributed by atoms with Crippen LogP contribution in [-0.2, 0) is 0 Å². The van der Waals surface area contributed by atoms with Crippen LogP contribution in [0, 0.1) is 5.92 Å². The highest BCUT2D eigenvalue weighted by Gasteiger charge is 2.12. The van der Waals surface area contributed by atoms with E-state index in [1.807, 2.05) is 19.1 Å². The SMILES string of the molecule is C[B][n+]1c(/C=C/C(C)C)ncc2ccccc21. The molecule has 0 aliphatic heterocycles. The van der Waals surface area contributed by atoms with Crippen LogP contribution >= 0.6 is 0 Å². The minimum Gasteiger partial charge on any atom is -0.290 e. The maximum atomic E-state index is 4.49. The van der Waals surface area contributed by atoms with Crippen molar-refractivity contribution in [3.05, 3.63) is 42.4 Å². The lowest BCUT2D eigenvalue weighted by Crippen LogP contribution is -2.42. The Morgan fingerprint density at radius 1 is 1.29 bits per heavy atom. The van der Waals surface area contributed by atoms with Gasteiger partial charge >= 0.3 is 13.2 Å². The Labute approximate surface area is 103 Å². The van der Waals surface area contributed by atoms with E-state index in [2.05, 4.69) is 61.1 Å². The van der Waals surface area contributed by atoms with Gasteiger partial charge in [-0.25, -0.2) is 0 Å². The summed E-state index contributed by atoms with van der Waals surface area (Å²) in [6, 6.07) is 8.29. The summed E-state index contributed by atoms with van der Waals surface area (Å²) in [7, 11) is 2.05. The molecule has 3 heteroatoms. The first-order chi connectivity index (χ1) is 8.22. The number of hydrogen-bond donors (Lipinski definition) is 0. The predicted octanol–water partition coefficient (Wildman–Crippen LogP) is 2.71. The second kappa shape index (κ2) is 5.13. The van der Waals surface area contributed by atoms with Gasteiger partial charge in [0, 0.05) is 6.08 Å². The molecule has 0 unspecified atom stereocenters.